The second-order valence-corrected chi connectivity index (χ2v) is 6.33. The lowest BCUT2D eigenvalue weighted by atomic mass is 10.1. The van der Waals surface area contributed by atoms with Gasteiger partial charge in [0.1, 0.15) is 11.4 Å². The maximum Gasteiger partial charge on any atom is 0.310 e. The average Bonchev–Trinajstić information content (AvgIpc) is 2.31. The van der Waals surface area contributed by atoms with Crippen molar-refractivity contribution in [2.75, 3.05) is 0 Å². The second-order valence-electron chi connectivity index (χ2n) is 5.54. The van der Waals surface area contributed by atoms with Crippen LogP contribution in [0, 0.1) is 5.82 Å². The average molecular weight is 340 g/mol. The molecule has 0 fully saturated rings. The van der Waals surface area contributed by atoms with Gasteiger partial charge in [-0.05, 0) is 60.5 Å². The first-order valence-electron chi connectivity index (χ1n) is 6.21. The predicted molar refractivity (Wildman–Crippen MR) is 79.0 cm³/mol. The van der Waals surface area contributed by atoms with Crippen molar-refractivity contribution in [3.63, 3.8) is 0 Å². The number of rotatable bonds is 2. The first kappa shape index (κ1) is 14.9. The molecule has 5 heteroatoms. The third kappa shape index (κ3) is 3.54. The fraction of sp³-hybridized carbons (Fsp3) is 0.333. The Morgan fingerprint density at radius 2 is 2.10 bits per heavy atom. The molecule has 0 radical (unpaired) electrons. The lowest BCUT2D eigenvalue weighted by Gasteiger charge is -2.19. The van der Waals surface area contributed by atoms with Crippen LogP contribution in [0.25, 0.3) is 10.9 Å². The van der Waals surface area contributed by atoms with Crippen molar-refractivity contribution in [3.8, 4) is 0 Å². The monoisotopic (exact) mass is 339 g/mol. The van der Waals surface area contributed by atoms with Crippen LogP contribution in [0.1, 0.15) is 26.3 Å². The van der Waals surface area contributed by atoms with E-state index in [1.807, 2.05) is 26.8 Å². The largest absolute Gasteiger partial charge is 0.460 e. The van der Waals surface area contributed by atoms with E-state index >= 15 is 0 Å². The summed E-state index contributed by atoms with van der Waals surface area (Å²) in [6.45, 7) is 5.47. The number of aromatic nitrogens is 1. The highest BCUT2D eigenvalue weighted by Gasteiger charge is 2.17. The summed E-state index contributed by atoms with van der Waals surface area (Å²) < 4.78 is 19.0. The van der Waals surface area contributed by atoms with E-state index in [2.05, 4.69) is 20.9 Å². The Kier molecular flexibility index (Phi) is 4.09. The number of benzene rings is 1. The zero-order valence-corrected chi connectivity index (χ0v) is 13.1. The van der Waals surface area contributed by atoms with Crippen molar-refractivity contribution in [3.05, 3.63) is 40.2 Å². The smallest absolute Gasteiger partial charge is 0.310 e. The summed E-state index contributed by atoms with van der Waals surface area (Å²) in [5.41, 5.74) is 0.774. The van der Waals surface area contributed by atoms with Crippen LogP contribution in [-0.4, -0.2) is 16.6 Å². The summed E-state index contributed by atoms with van der Waals surface area (Å²) in [4.78, 5) is 16.0. The van der Waals surface area contributed by atoms with E-state index in [0.717, 1.165) is 10.9 Å². The Hall–Kier alpha value is -1.49. The van der Waals surface area contributed by atoms with E-state index < -0.39 is 5.60 Å². The molecule has 1 aromatic carbocycles. The van der Waals surface area contributed by atoms with Crippen LogP contribution in [0.2, 0.25) is 0 Å². The Morgan fingerprint density at radius 3 is 2.75 bits per heavy atom. The number of pyridine rings is 1. The Balaban J connectivity index is 2.25. The SMILES string of the molecule is CC(C)(C)OC(=O)Cc1cnc2c(Br)c(F)ccc2c1. The minimum Gasteiger partial charge on any atom is -0.460 e. The molecular weight excluding hydrogens is 325 g/mol. The van der Waals surface area contributed by atoms with Crippen molar-refractivity contribution < 1.29 is 13.9 Å². The van der Waals surface area contributed by atoms with Gasteiger partial charge >= 0.3 is 5.97 Å². The molecule has 0 aliphatic rings. The maximum absolute atomic E-state index is 13.4. The molecule has 20 heavy (non-hydrogen) atoms. The van der Waals surface area contributed by atoms with Crippen molar-refractivity contribution in [2.24, 2.45) is 0 Å². The third-order valence-electron chi connectivity index (χ3n) is 2.57. The van der Waals surface area contributed by atoms with Gasteiger partial charge < -0.3 is 4.74 Å². The normalized spacial score (nSPS) is 11.7. The molecule has 0 saturated heterocycles. The van der Waals surface area contributed by atoms with Crippen molar-refractivity contribution >= 4 is 32.8 Å². The van der Waals surface area contributed by atoms with E-state index in [-0.39, 0.29) is 18.2 Å². The predicted octanol–water partition coefficient (Wildman–Crippen LogP) is 4.02. The van der Waals surface area contributed by atoms with Gasteiger partial charge in [0.25, 0.3) is 0 Å². The highest BCUT2D eigenvalue weighted by atomic mass is 79.9. The van der Waals surface area contributed by atoms with E-state index in [1.54, 1.807) is 12.3 Å². The summed E-state index contributed by atoms with van der Waals surface area (Å²) in [6.07, 6.45) is 1.71. The Labute approximate surface area is 125 Å². The summed E-state index contributed by atoms with van der Waals surface area (Å²) in [5.74, 6) is -0.662. The van der Waals surface area contributed by atoms with Gasteiger partial charge in [0, 0.05) is 11.6 Å². The summed E-state index contributed by atoms with van der Waals surface area (Å²) in [5, 5.41) is 0.777. The molecule has 0 atom stereocenters. The number of carbonyl (C=O) groups excluding carboxylic acids is 1. The number of hydrogen-bond acceptors (Lipinski definition) is 3. The highest BCUT2D eigenvalue weighted by molar-refractivity contribution is 9.10. The molecule has 0 aliphatic heterocycles. The van der Waals surface area contributed by atoms with Crippen LogP contribution in [0.3, 0.4) is 0 Å². The number of fused-ring (bicyclic) bond motifs is 1. The molecule has 0 saturated carbocycles. The van der Waals surface area contributed by atoms with Gasteiger partial charge in [0.05, 0.1) is 16.4 Å². The number of nitrogens with zero attached hydrogens (tertiary/aromatic N) is 1. The maximum atomic E-state index is 13.4. The fourth-order valence-corrected chi connectivity index (χ4v) is 2.29. The Morgan fingerprint density at radius 1 is 1.40 bits per heavy atom. The number of hydrogen-bond donors (Lipinski definition) is 0. The number of esters is 1. The third-order valence-corrected chi connectivity index (χ3v) is 3.32. The number of halogens is 2. The fourth-order valence-electron chi connectivity index (χ4n) is 1.83. The van der Waals surface area contributed by atoms with Crippen molar-refractivity contribution in [1.82, 2.24) is 4.98 Å². The molecule has 1 aromatic heterocycles. The first-order valence-corrected chi connectivity index (χ1v) is 7.00. The van der Waals surface area contributed by atoms with Crippen LogP contribution >= 0.6 is 15.9 Å². The minimum absolute atomic E-state index is 0.148. The molecule has 0 unspecified atom stereocenters. The number of ether oxygens (including phenoxy) is 1. The summed E-state index contributed by atoms with van der Waals surface area (Å²) in [7, 11) is 0. The van der Waals surface area contributed by atoms with Gasteiger partial charge in [-0.2, -0.15) is 0 Å². The summed E-state index contributed by atoms with van der Waals surface area (Å²) in [6, 6.07) is 4.82. The Bertz CT molecular complexity index is 665. The second kappa shape index (κ2) is 5.48. The molecule has 0 spiro atoms. The van der Waals surface area contributed by atoms with E-state index in [1.165, 1.54) is 6.07 Å². The zero-order valence-electron chi connectivity index (χ0n) is 11.5. The van der Waals surface area contributed by atoms with Gasteiger partial charge in [0.15, 0.2) is 0 Å². The van der Waals surface area contributed by atoms with Crippen LogP contribution in [0.15, 0.2) is 28.9 Å². The molecule has 0 aliphatic carbocycles. The van der Waals surface area contributed by atoms with Crippen molar-refractivity contribution in [2.45, 2.75) is 32.8 Å². The minimum atomic E-state index is -0.506. The number of carbonyl (C=O) groups is 1. The first-order chi connectivity index (χ1) is 9.26. The van der Waals surface area contributed by atoms with Crippen LogP contribution in [0.5, 0.6) is 0 Å². The van der Waals surface area contributed by atoms with Crippen LogP contribution in [0.4, 0.5) is 4.39 Å². The van der Waals surface area contributed by atoms with Gasteiger partial charge in [-0.3, -0.25) is 9.78 Å². The van der Waals surface area contributed by atoms with Gasteiger partial charge in [-0.15, -0.1) is 0 Å². The lowest BCUT2D eigenvalue weighted by Crippen LogP contribution is -2.24. The van der Waals surface area contributed by atoms with Crippen LogP contribution in [-0.2, 0) is 16.0 Å². The highest BCUT2D eigenvalue weighted by Crippen LogP contribution is 2.25. The topological polar surface area (TPSA) is 39.2 Å². The molecule has 0 amide bonds. The molecule has 2 rings (SSSR count). The molecule has 106 valence electrons. The quantitative estimate of drug-likeness (QED) is 0.775. The van der Waals surface area contributed by atoms with Crippen LogP contribution < -0.4 is 0 Å². The van der Waals surface area contributed by atoms with E-state index in [4.69, 9.17) is 4.74 Å². The van der Waals surface area contributed by atoms with Crippen molar-refractivity contribution in [1.29, 1.82) is 0 Å². The van der Waals surface area contributed by atoms with Gasteiger partial charge in [-0.1, -0.05) is 0 Å². The zero-order chi connectivity index (χ0) is 14.9. The molecule has 0 N–H and O–H groups in total. The van der Waals surface area contributed by atoms with E-state index in [9.17, 15) is 9.18 Å². The van der Waals surface area contributed by atoms with E-state index in [0.29, 0.717) is 9.99 Å². The summed E-state index contributed by atoms with van der Waals surface area (Å²) >= 11 is 3.17. The molecule has 1 heterocycles. The van der Waals surface area contributed by atoms with Gasteiger partial charge in [0.2, 0.25) is 0 Å². The molecule has 0 bridgehead atoms. The molecular formula is C15H15BrFNO2. The van der Waals surface area contributed by atoms with Gasteiger partial charge in [-0.25, -0.2) is 4.39 Å². The molecule has 3 nitrogen and oxygen atoms in total. The standard InChI is InChI=1S/C15H15BrFNO2/c1-15(2,3)20-12(19)7-9-6-10-4-5-11(17)13(16)14(10)18-8-9/h4-6,8H,7H2,1-3H3. The molecule has 2 aromatic rings. The lowest BCUT2D eigenvalue weighted by molar-refractivity contribution is -0.153.